The lowest BCUT2D eigenvalue weighted by atomic mass is 9.84. The van der Waals surface area contributed by atoms with Crippen molar-refractivity contribution in [2.45, 2.75) is 18.9 Å². The van der Waals surface area contributed by atoms with E-state index in [1.165, 1.54) is 13.2 Å². The zero-order valence-electron chi connectivity index (χ0n) is 11.4. The predicted molar refractivity (Wildman–Crippen MR) is 73.0 cm³/mol. The number of rotatable bonds is 5. The van der Waals surface area contributed by atoms with Crippen molar-refractivity contribution in [3.8, 4) is 5.75 Å². The van der Waals surface area contributed by atoms with Gasteiger partial charge in [-0.05, 0) is 25.5 Å². The molecular formula is C14H21FN2O2. The molecular weight excluding hydrogens is 247 g/mol. The van der Waals surface area contributed by atoms with Crippen LogP contribution in [0.15, 0.2) is 18.2 Å². The highest BCUT2D eigenvalue weighted by Gasteiger charge is 2.35. The van der Waals surface area contributed by atoms with Crippen LogP contribution in [0.25, 0.3) is 0 Å². The Labute approximate surface area is 113 Å². The number of anilines is 1. The molecule has 2 atom stereocenters. The molecule has 4 nitrogen and oxygen atoms in total. The SMILES string of the molecule is COc1cc(NC(C)(CN)C2CCOC2)ccc1F. The molecule has 1 heterocycles. The van der Waals surface area contributed by atoms with Gasteiger partial charge in [0.25, 0.3) is 0 Å². The molecule has 19 heavy (non-hydrogen) atoms. The maximum atomic E-state index is 13.4. The van der Waals surface area contributed by atoms with Crippen molar-refractivity contribution in [1.29, 1.82) is 0 Å². The van der Waals surface area contributed by atoms with Crippen LogP contribution < -0.4 is 15.8 Å². The van der Waals surface area contributed by atoms with Crippen LogP contribution >= 0.6 is 0 Å². The van der Waals surface area contributed by atoms with E-state index in [0.717, 1.165) is 18.7 Å². The molecule has 5 heteroatoms. The summed E-state index contributed by atoms with van der Waals surface area (Å²) in [4.78, 5) is 0. The highest BCUT2D eigenvalue weighted by atomic mass is 19.1. The molecule has 3 N–H and O–H groups in total. The minimum absolute atomic E-state index is 0.229. The molecule has 1 saturated heterocycles. The molecule has 0 saturated carbocycles. The van der Waals surface area contributed by atoms with Gasteiger partial charge in [-0.25, -0.2) is 4.39 Å². The molecule has 0 spiro atoms. The van der Waals surface area contributed by atoms with Crippen LogP contribution in [0.4, 0.5) is 10.1 Å². The molecule has 1 aromatic carbocycles. The van der Waals surface area contributed by atoms with E-state index in [4.69, 9.17) is 15.2 Å². The normalized spacial score (nSPS) is 22.0. The Kier molecular flexibility index (Phi) is 4.27. The van der Waals surface area contributed by atoms with Crippen LogP contribution in [-0.2, 0) is 4.74 Å². The Morgan fingerprint density at radius 3 is 2.95 bits per heavy atom. The summed E-state index contributed by atoms with van der Waals surface area (Å²) in [7, 11) is 1.45. The second kappa shape index (κ2) is 5.75. The van der Waals surface area contributed by atoms with E-state index in [-0.39, 0.29) is 17.1 Å². The molecule has 1 aliphatic rings. The van der Waals surface area contributed by atoms with Crippen molar-refractivity contribution in [2.75, 3.05) is 32.2 Å². The van der Waals surface area contributed by atoms with Gasteiger partial charge in [0.05, 0.1) is 19.3 Å². The lowest BCUT2D eigenvalue weighted by Gasteiger charge is -2.35. The second-order valence-electron chi connectivity index (χ2n) is 5.16. The van der Waals surface area contributed by atoms with Gasteiger partial charge in [0.15, 0.2) is 11.6 Å². The van der Waals surface area contributed by atoms with E-state index in [0.29, 0.717) is 19.1 Å². The minimum atomic E-state index is -0.369. The molecule has 0 aromatic heterocycles. The summed E-state index contributed by atoms with van der Waals surface area (Å²) in [6, 6.07) is 4.74. The molecule has 0 aliphatic carbocycles. The molecule has 2 unspecified atom stereocenters. The van der Waals surface area contributed by atoms with Crippen LogP contribution in [-0.4, -0.2) is 32.4 Å². The van der Waals surface area contributed by atoms with Gasteiger partial charge in [0.2, 0.25) is 0 Å². The smallest absolute Gasteiger partial charge is 0.165 e. The van der Waals surface area contributed by atoms with Crippen molar-refractivity contribution in [1.82, 2.24) is 0 Å². The van der Waals surface area contributed by atoms with Crippen molar-refractivity contribution >= 4 is 5.69 Å². The zero-order chi connectivity index (χ0) is 13.9. The van der Waals surface area contributed by atoms with Gasteiger partial charge in [-0.3, -0.25) is 0 Å². The fourth-order valence-corrected chi connectivity index (χ4v) is 2.42. The van der Waals surface area contributed by atoms with Crippen LogP contribution in [0.5, 0.6) is 5.75 Å². The zero-order valence-corrected chi connectivity index (χ0v) is 11.4. The summed E-state index contributed by atoms with van der Waals surface area (Å²) in [5.41, 5.74) is 6.45. The number of ether oxygens (including phenoxy) is 2. The summed E-state index contributed by atoms with van der Waals surface area (Å²) in [5, 5.41) is 3.40. The molecule has 0 amide bonds. The van der Waals surface area contributed by atoms with Crippen molar-refractivity contribution in [3.05, 3.63) is 24.0 Å². The Balaban J connectivity index is 2.17. The molecule has 106 valence electrons. The Bertz CT molecular complexity index is 435. The summed E-state index contributed by atoms with van der Waals surface area (Å²) < 4.78 is 23.8. The van der Waals surface area contributed by atoms with E-state index < -0.39 is 0 Å². The second-order valence-corrected chi connectivity index (χ2v) is 5.16. The minimum Gasteiger partial charge on any atom is -0.494 e. The number of benzene rings is 1. The Morgan fingerprint density at radius 1 is 1.58 bits per heavy atom. The predicted octanol–water partition coefficient (Wildman–Crippen LogP) is 2.00. The number of hydrogen-bond donors (Lipinski definition) is 2. The Morgan fingerprint density at radius 2 is 2.37 bits per heavy atom. The van der Waals surface area contributed by atoms with Gasteiger partial charge in [-0.15, -0.1) is 0 Å². The highest BCUT2D eigenvalue weighted by Crippen LogP contribution is 2.30. The molecule has 1 aliphatic heterocycles. The van der Waals surface area contributed by atoms with Crippen LogP contribution in [0.3, 0.4) is 0 Å². The summed E-state index contributed by atoms with van der Waals surface area (Å²) in [6.45, 7) is 4.04. The first-order valence-electron chi connectivity index (χ1n) is 6.48. The molecule has 1 aromatic rings. The van der Waals surface area contributed by atoms with Crippen LogP contribution in [0, 0.1) is 11.7 Å². The topological polar surface area (TPSA) is 56.5 Å². The van der Waals surface area contributed by atoms with Gasteiger partial charge in [0, 0.05) is 30.8 Å². The third-order valence-corrected chi connectivity index (χ3v) is 3.84. The molecule has 2 rings (SSSR count). The van der Waals surface area contributed by atoms with Crippen molar-refractivity contribution < 1.29 is 13.9 Å². The number of halogens is 1. The third kappa shape index (κ3) is 2.98. The summed E-state index contributed by atoms with van der Waals surface area (Å²) in [5.74, 6) is 0.215. The molecule has 0 bridgehead atoms. The third-order valence-electron chi connectivity index (χ3n) is 3.84. The quantitative estimate of drug-likeness (QED) is 0.857. The van der Waals surface area contributed by atoms with Crippen molar-refractivity contribution in [3.63, 3.8) is 0 Å². The maximum absolute atomic E-state index is 13.4. The number of hydrogen-bond acceptors (Lipinski definition) is 4. The van der Waals surface area contributed by atoms with Crippen LogP contribution in [0.2, 0.25) is 0 Å². The highest BCUT2D eigenvalue weighted by molar-refractivity contribution is 5.51. The van der Waals surface area contributed by atoms with E-state index in [1.807, 2.05) is 0 Å². The fraction of sp³-hybridized carbons (Fsp3) is 0.571. The van der Waals surface area contributed by atoms with Gasteiger partial charge >= 0.3 is 0 Å². The lowest BCUT2D eigenvalue weighted by molar-refractivity contribution is 0.172. The van der Waals surface area contributed by atoms with E-state index >= 15 is 0 Å². The first-order valence-corrected chi connectivity index (χ1v) is 6.48. The van der Waals surface area contributed by atoms with Crippen LogP contribution in [0.1, 0.15) is 13.3 Å². The molecule has 0 radical (unpaired) electrons. The van der Waals surface area contributed by atoms with Gasteiger partial charge in [-0.1, -0.05) is 0 Å². The number of nitrogens with two attached hydrogens (primary N) is 1. The summed E-state index contributed by atoms with van der Waals surface area (Å²) >= 11 is 0. The van der Waals surface area contributed by atoms with E-state index in [2.05, 4.69) is 12.2 Å². The lowest BCUT2D eigenvalue weighted by Crippen LogP contribution is -2.49. The monoisotopic (exact) mass is 268 g/mol. The van der Waals surface area contributed by atoms with Gasteiger partial charge in [-0.2, -0.15) is 0 Å². The average Bonchev–Trinajstić information content (AvgIpc) is 2.95. The van der Waals surface area contributed by atoms with Crippen molar-refractivity contribution in [2.24, 2.45) is 11.7 Å². The first kappa shape index (κ1) is 14.1. The van der Waals surface area contributed by atoms with Gasteiger partial charge < -0.3 is 20.5 Å². The largest absolute Gasteiger partial charge is 0.494 e. The fourth-order valence-electron chi connectivity index (χ4n) is 2.42. The number of methoxy groups -OCH3 is 1. The number of nitrogens with one attached hydrogen (secondary N) is 1. The maximum Gasteiger partial charge on any atom is 0.165 e. The summed E-state index contributed by atoms with van der Waals surface area (Å²) in [6.07, 6.45) is 0.985. The van der Waals surface area contributed by atoms with E-state index in [1.54, 1.807) is 12.1 Å². The first-order chi connectivity index (χ1) is 9.09. The standard InChI is InChI=1S/C14H21FN2O2/c1-14(9-16,10-5-6-19-8-10)17-11-3-4-12(15)13(7-11)18-2/h3-4,7,10,17H,5-6,8-9,16H2,1-2H3. The molecule has 1 fully saturated rings. The Hall–Kier alpha value is -1.33. The van der Waals surface area contributed by atoms with Gasteiger partial charge in [0.1, 0.15) is 0 Å². The van der Waals surface area contributed by atoms with E-state index in [9.17, 15) is 4.39 Å². The average molecular weight is 268 g/mol.